The highest BCUT2D eigenvalue weighted by Gasteiger charge is 2.46. The molecule has 4 rings (SSSR count). The van der Waals surface area contributed by atoms with E-state index >= 15 is 0 Å². The van der Waals surface area contributed by atoms with Crippen LogP contribution in [0, 0.1) is 0 Å². The van der Waals surface area contributed by atoms with Crippen molar-refractivity contribution in [1.29, 1.82) is 0 Å². The fourth-order valence-corrected chi connectivity index (χ4v) is 4.67. The summed E-state index contributed by atoms with van der Waals surface area (Å²) in [5, 5.41) is 9.38. The zero-order chi connectivity index (χ0) is 18.5. The van der Waals surface area contributed by atoms with Crippen LogP contribution >= 0.6 is 0 Å². The molecule has 3 aliphatic heterocycles. The normalized spacial score (nSPS) is 24.4. The summed E-state index contributed by atoms with van der Waals surface area (Å²) in [6, 6.07) is 6.93. The first kappa shape index (κ1) is 17.5. The van der Waals surface area contributed by atoms with Crippen molar-refractivity contribution in [3.8, 4) is 0 Å². The third-order valence-corrected chi connectivity index (χ3v) is 5.68. The van der Waals surface area contributed by atoms with Gasteiger partial charge in [-0.15, -0.1) is 0 Å². The quantitative estimate of drug-likeness (QED) is 0.879. The Morgan fingerprint density at radius 1 is 1.27 bits per heavy atom. The van der Waals surface area contributed by atoms with Crippen LogP contribution in [0.5, 0.6) is 0 Å². The molecule has 0 aromatic heterocycles. The van der Waals surface area contributed by atoms with Crippen LogP contribution in [-0.2, 0) is 4.74 Å². The summed E-state index contributed by atoms with van der Waals surface area (Å²) < 4.78 is 5.59. The second kappa shape index (κ2) is 6.34. The van der Waals surface area contributed by atoms with E-state index in [1.54, 1.807) is 0 Å². The molecule has 6 heteroatoms. The predicted molar refractivity (Wildman–Crippen MR) is 102 cm³/mol. The summed E-state index contributed by atoms with van der Waals surface area (Å²) in [6.07, 6.45) is 0.766. The first-order valence-corrected chi connectivity index (χ1v) is 9.62. The van der Waals surface area contributed by atoms with Gasteiger partial charge in [0, 0.05) is 44.7 Å². The Hall–Kier alpha value is -1.95. The van der Waals surface area contributed by atoms with Gasteiger partial charge in [-0.2, -0.15) is 0 Å². The molecule has 0 saturated carbocycles. The maximum absolute atomic E-state index is 12.5. The fraction of sp³-hybridized carbons (Fsp3) is 0.650. The summed E-state index contributed by atoms with van der Waals surface area (Å²) in [5.41, 5.74) is 3.41. The van der Waals surface area contributed by atoms with Gasteiger partial charge >= 0.3 is 6.09 Å². The Balaban J connectivity index is 1.60. The minimum atomic E-state index is -0.464. The van der Waals surface area contributed by atoms with Gasteiger partial charge in [-0.3, -0.25) is 0 Å². The Labute approximate surface area is 155 Å². The van der Waals surface area contributed by atoms with Crippen molar-refractivity contribution >= 4 is 17.5 Å². The molecular weight excluding hydrogens is 330 g/mol. The molecule has 1 saturated heterocycles. The summed E-state index contributed by atoms with van der Waals surface area (Å²) in [7, 11) is 0. The number of ether oxygens (including phenoxy) is 1. The molecule has 1 aromatic carbocycles. The van der Waals surface area contributed by atoms with Crippen molar-refractivity contribution in [3.05, 3.63) is 23.8 Å². The molecule has 2 atom stereocenters. The largest absolute Gasteiger partial charge is 0.444 e. The number of carbonyl (C=O) groups is 1. The van der Waals surface area contributed by atoms with Crippen LogP contribution in [0.1, 0.15) is 38.7 Å². The first-order chi connectivity index (χ1) is 12.4. The number of β-amino-alcohol motifs (C(OH)–C–C–N with tert-alkyl or cyclic N) is 1. The molecular formula is C20H29N3O3. The van der Waals surface area contributed by atoms with Gasteiger partial charge < -0.3 is 24.5 Å². The van der Waals surface area contributed by atoms with Crippen LogP contribution in [-0.4, -0.2) is 67.1 Å². The number of likely N-dealkylation sites (tertiary alicyclic amines) is 1. The van der Waals surface area contributed by atoms with E-state index in [1.165, 1.54) is 16.9 Å². The SMILES string of the molecule is CC(C)(C)OC(=O)N1CCC2C(C1)c1cccc3c1N2CCN3CCO. The zero-order valence-electron chi connectivity index (χ0n) is 15.9. The van der Waals surface area contributed by atoms with Crippen LogP contribution in [0.2, 0.25) is 0 Å². The summed E-state index contributed by atoms with van der Waals surface area (Å²) in [4.78, 5) is 19.2. The molecule has 0 spiro atoms. The molecule has 0 bridgehead atoms. The number of piperidine rings is 1. The second-order valence-electron chi connectivity index (χ2n) is 8.51. The third kappa shape index (κ3) is 2.90. The van der Waals surface area contributed by atoms with Crippen LogP contribution in [0.15, 0.2) is 18.2 Å². The number of carbonyl (C=O) groups excluding carboxylic acids is 1. The molecule has 3 aliphatic rings. The number of hydrogen-bond donors (Lipinski definition) is 1. The lowest BCUT2D eigenvalue weighted by molar-refractivity contribution is 0.0189. The highest BCUT2D eigenvalue weighted by Crippen LogP contribution is 2.50. The molecule has 6 nitrogen and oxygen atoms in total. The van der Waals surface area contributed by atoms with Crippen molar-refractivity contribution in [1.82, 2.24) is 4.90 Å². The van der Waals surface area contributed by atoms with Gasteiger partial charge in [-0.1, -0.05) is 12.1 Å². The Kier molecular flexibility index (Phi) is 4.26. The van der Waals surface area contributed by atoms with Crippen LogP contribution in [0.4, 0.5) is 16.2 Å². The number of anilines is 2. The van der Waals surface area contributed by atoms with Crippen molar-refractivity contribution in [3.63, 3.8) is 0 Å². The molecule has 26 heavy (non-hydrogen) atoms. The maximum Gasteiger partial charge on any atom is 0.410 e. The number of para-hydroxylation sites is 1. The maximum atomic E-state index is 12.5. The van der Waals surface area contributed by atoms with Gasteiger partial charge in [0.2, 0.25) is 0 Å². The van der Waals surface area contributed by atoms with Gasteiger partial charge in [0.15, 0.2) is 0 Å². The summed E-state index contributed by atoms with van der Waals surface area (Å²) >= 11 is 0. The molecule has 3 heterocycles. The van der Waals surface area contributed by atoms with E-state index < -0.39 is 5.60 Å². The minimum absolute atomic E-state index is 0.170. The molecule has 1 amide bonds. The Bertz CT molecular complexity index is 700. The van der Waals surface area contributed by atoms with Crippen molar-refractivity contribution < 1.29 is 14.6 Å². The minimum Gasteiger partial charge on any atom is -0.444 e. The molecule has 0 aliphatic carbocycles. The van der Waals surface area contributed by atoms with Crippen LogP contribution < -0.4 is 9.80 Å². The van der Waals surface area contributed by atoms with Gasteiger partial charge in [0.25, 0.3) is 0 Å². The molecule has 142 valence electrons. The molecule has 0 radical (unpaired) electrons. The lowest BCUT2D eigenvalue weighted by Gasteiger charge is -2.42. The van der Waals surface area contributed by atoms with E-state index in [1.807, 2.05) is 25.7 Å². The van der Waals surface area contributed by atoms with Crippen molar-refractivity contribution in [2.45, 2.75) is 44.8 Å². The Morgan fingerprint density at radius 3 is 2.81 bits per heavy atom. The molecule has 1 N–H and O–H groups in total. The number of benzene rings is 1. The zero-order valence-corrected chi connectivity index (χ0v) is 15.9. The topological polar surface area (TPSA) is 56.2 Å². The average Bonchev–Trinajstić information content (AvgIpc) is 2.91. The number of nitrogens with zero attached hydrogens (tertiary/aromatic N) is 3. The number of hydrogen-bond acceptors (Lipinski definition) is 5. The lowest BCUT2D eigenvalue weighted by atomic mass is 9.89. The fourth-order valence-electron chi connectivity index (χ4n) is 4.67. The smallest absolute Gasteiger partial charge is 0.410 e. The van der Waals surface area contributed by atoms with Crippen molar-refractivity contribution in [2.75, 3.05) is 49.1 Å². The second-order valence-corrected chi connectivity index (χ2v) is 8.51. The van der Waals surface area contributed by atoms with Gasteiger partial charge in [-0.05, 0) is 38.8 Å². The average molecular weight is 359 g/mol. The molecule has 1 fully saturated rings. The van der Waals surface area contributed by atoms with E-state index in [0.717, 1.165) is 26.1 Å². The highest BCUT2D eigenvalue weighted by molar-refractivity contribution is 5.81. The number of amides is 1. The van der Waals surface area contributed by atoms with E-state index in [2.05, 4.69) is 28.0 Å². The third-order valence-electron chi connectivity index (χ3n) is 5.68. The van der Waals surface area contributed by atoms with Gasteiger partial charge in [-0.25, -0.2) is 4.79 Å². The summed E-state index contributed by atoms with van der Waals surface area (Å²) in [5.74, 6) is 0.334. The number of rotatable bonds is 2. The van der Waals surface area contributed by atoms with E-state index in [4.69, 9.17) is 4.74 Å². The summed E-state index contributed by atoms with van der Waals surface area (Å²) in [6.45, 7) is 9.96. The van der Waals surface area contributed by atoms with Crippen LogP contribution in [0.25, 0.3) is 0 Å². The Morgan fingerprint density at radius 2 is 2.08 bits per heavy atom. The van der Waals surface area contributed by atoms with E-state index in [9.17, 15) is 9.90 Å². The monoisotopic (exact) mass is 359 g/mol. The van der Waals surface area contributed by atoms with E-state index in [-0.39, 0.29) is 12.7 Å². The molecule has 1 aromatic rings. The predicted octanol–water partition coefficient (Wildman–Crippen LogP) is 2.41. The van der Waals surface area contributed by atoms with E-state index in [0.29, 0.717) is 25.0 Å². The standard InChI is InChI=1S/C20H29N3O3/c1-20(2,3)26-19(25)22-8-7-16-15(13-22)14-5-4-6-17-18(14)23(16)10-9-21(17)11-12-24/h4-6,15-16,24H,7-13H2,1-3H3. The van der Waals surface area contributed by atoms with Crippen LogP contribution in [0.3, 0.4) is 0 Å². The van der Waals surface area contributed by atoms with Gasteiger partial charge in [0.1, 0.15) is 5.60 Å². The molecule has 2 unspecified atom stereocenters. The highest BCUT2D eigenvalue weighted by atomic mass is 16.6. The number of aliphatic hydroxyl groups is 1. The number of aliphatic hydroxyl groups excluding tert-OH is 1. The number of fused-ring (bicyclic) bond motifs is 3. The van der Waals surface area contributed by atoms with Crippen molar-refractivity contribution in [2.24, 2.45) is 0 Å². The first-order valence-electron chi connectivity index (χ1n) is 9.62. The van der Waals surface area contributed by atoms with Gasteiger partial charge in [0.05, 0.1) is 18.0 Å². The lowest BCUT2D eigenvalue weighted by Crippen LogP contribution is -2.51.